The quantitative estimate of drug-likeness (QED) is 0.798. The molecule has 1 aromatic rings. The molecule has 2 aliphatic carbocycles. The normalized spacial score (nSPS) is 22.9. The van der Waals surface area contributed by atoms with Crippen LogP contribution >= 0.6 is 0 Å². The third-order valence-corrected chi connectivity index (χ3v) is 5.24. The van der Waals surface area contributed by atoms with Gasteiger partial charge in [0.1, 0.15) is 5.75 Å². The minimum Gasteiger partial charge on any atom is -0.497 e. The van der Waals surface area contributed by atoms with Crippen molar-refractivity contribution in [1.29, 1.82) is 0 Å². The van der Waals surface area contributed by atoms with Crippen molar-refractivity contribution in [2.45, 2.75) is 51.0 Å². The second kappa shape index (κ2) is 8.37. The van der Waals surface area contributed by atoms with E-state index in [1.807, 2.05) is 24.3 Å². The first-order valence-electron chi connectivity index (χ1n) is 9.36. The van der Waals surface area contributed by atoms with Gasteiger partial charge in [-0.2, -0.15) is 0 Å². The Labute approximate surface area is 149 Å². The second-order valence-electron chi connectivity index (χ2n) is 7.22. The number of benzene rings is 1. The van der Waals surface area contributed by atoms with Crippen molar-refractivity contribution < 1.29 is 14.3 Å². The fourth-order valence-electron chi connectivity index (χ4n) is 3.47. The molecule has 0 aromatic heterocycles. The average Bonchev–Trinajstić information content (AvgIpc) is 3.46. The number of hydrogen-bond acceptors (Lipinski definition) is 3. The van der Waals surface area contributed by atoms with Crippen molar-refractivity contribution in [1.82, 2.24) is 10.6 Å². The molecule has 5 nitrogen and oxygen atoms in total. The molecular formula is C20H28N2O3. The van der Waals surface area contributed by atoms with E-state index in [0.29, 0.717) is 12.6 Å². The Balaban J connectivity index is 1.36. The maximum absolute atomic E-state index is 12.3. The van der Waals surface area contributed by atoms with Crippen LogP contribution in [0.5, 0.6) is 5.75 Å². The lowest BCUT2D eigenvalue weighted by Gasteiger charge is -2.27. The lowest BCUT2D eigenvalue weighted by molar-refractivity contribution is -0.130. The third kappa shape index (κ3) is 5.21. The first-order valence-corrected chi connectivity index (χ1v) is 9.36. The monoisotopic (exact) mass is 344 g/mol. The molecule has 136 valence electrons. The summed E-state index contributed by atoms with van der Waals surface area (Å²) >= 11 is 0. The predicted octanol–water partition coefficient (Wildman–Crippen LogP) is 2.44. The number of ether oxygens (including phenoxy) is 1. The molecule has 2 amide bonds. The SMILES string of the molecule is COc1cccc(CCNC(=O)C2CCC(C(=O)NC3CC3)CC2)c1. The summed E-state index contributed by atoms with van der Waals surface area (Å²) in [5.41, 5.74) is 1.15. The summed E-state index contributed by atoms with van der Waals surface area (Å²) in [7, 11) is 1.65. The van der Waals surface area contributed by atoms with Gasteiger partial charge >= 0.3 is 0 Å². The summed E-state index contributed by atoms with van der Waals surface area (Å²) in [6.07, 6.45) is 6.32. The van der Waals surface area contributed by atoms with E-state index in [2.05, 4.69) is 10.6 Å². The summed E-state index contributed by atoms with van der Waals surface area (Å²) < 4.78 is 5.21. The minimum absolute atomic E-state index is 0.0512. The number of carbonyl (C=O) groups excluding carboxylic acids is 2. The Morgan fingerprint density at radius 3 is 2.36 bits per heavy atom. The Kier molecular flexibility index (Phi) is 5.95. The Morgan fingerprint density at radius 1 is 1.04 bits per heavy atom. The van der Waals surface area contributed by atoms with E-state index in [-0.39, 0.29) is 23.7 Å². The fourth-order valence-corrected chi connectivity index (χ4v) is 3.47. The van der Waals surface area contributed by atoms with E-state index < -0.39 is 0 Å². The van der Waals surface area contributed by atoms with Crippen LogP contribution in [-0.4, -0.2) is 31.5 Å². The van der Waals surface area contributed by atoms with Crippen LogP contribution in [0.2, 0.25) is 0 Å². The van der Waals surface area contributed by atoms with E-state index in [9.17, 15) is 9.59 Å². The maximum Gasteiger partial charge on any atom is 0.223 e. The number of nitrogens with one attached hydrogen (secondary N) is 2. The van der Waals surface area contributed by atoms with Crippen molar-refractivity contribution in [3.8, 4) is 5.75 Å². The molecule has 5 heteroatoms. The Bertz CT molecular complexity index is 605. The average molecular weight is 344 g/mol. The van der Waals surface area contributed by atoms with Gasteiger partial charge in [0.15, 0.2) is 0 Å². The molecular weight excluding hydrogens is 316 g/mol. The zero-order valence-electron chi connectivity index (χ0n) is 14.9. The summed E-state index contributed by atoms with van der Waals surface area (Å²) in [6, 6.07) is 8.34. The number of amides is 2. The number of methoxy groups -OCH3 is 1. The molecule has 2 aliphatic rings. The van der Waals surface area contributed by atoms with E-state index in [1.165, 1.54) is 0 Å². The van der Waals surface area contributed by atoms with Crippen LogP contribution < -0.4 is 15.4 Å². The van der Waals surface area contributed by atoms with Crippen molar-refractivity contribution in [3.05, 3.63) is 29.8 Å². The summed E-state index contributed by atoms with van der Waals surface area (Å²) in [5.74, 6) is 1.31. The van der Waals surface area contributed by atoms with Gasteiger partial charge < -0.3 is 15.4 Å². The highest BCUT2D eigenvalue weighted by Gasteiger charge is 2.32. The smallest absolute Gasteiger partial charge is 0.223 e. The van der Waals surface area contributed by atoms with E-state index in [4.69, 9.17) is 4.74 Å². The molecule has 3 rings (SSSR count). The van der Waals surface area contributed by atoms with Gasteiger partial charge in [-0.05, 0) is 62.6 Å². The van der Waals surface area contributed by atoms with Crippen LogP contribution in [0.3, 0.4) is 0 Å². The van der Waals surface area contributed by atoms with Crippen LogP contribution in [0.25, 0.3) is 0 Å². The zero-order chi connectivity index (χ0) is 17.6. The zero-order valence-corrected chi connectivity index (χ0v) is 14.9. The van der Waals surface area contributed by atoms with E-state index in [0.717, 1.165) is 56.3 Å². The standard InChI is InChI=1S/C20H28N2O3/c1-25-18-4-2-3-14(13-18)11-12-21-19(23)15-5-7-16(8-6-15)20(24)22-17-9-10-17/h2-4,13,15-17H,5-12H2,1H3,(H,21,23)(H,22,24). The third-order valence-electron chi connectivity index (χ3n) is 5.24. The number of hydrogen-bond donors (Lipinski definition) is 2. The highest BCUT2D eigenvalue weighted by Crippen LogP contribution is 2.30. The van der Waals surface area contributed by atoms with Crippen LogP contribution in [0.1, 0.15) is 44.1 Å². The summed E-state index contributed by atoms with van der Waals surface area (Å²) in [5, 5.41) is 6.12. The minimum atomic E-state index is 0.0512. The van der Waals surface area contributed by atoms with Gasteiger partial charge in [-0.3, -0.25) is 9.59 Å². The molecule has 0 bridgehead atoms. The molecule has 2 N–H and O–H groups in total. The predicted molar refractivity (Wildman–Crippen MR) is 96.3 cm³/mol. The van der Waals surface area contributed by atoms with E-state index in [1.54, 1.807) is 7.11 Å². The molecule has 2 saturated carbocycles. The van der Waals surface area contributed by atoms with Crippen molar-refractivity contribution in [3.63, 3.8) is 0 Å². The molecule has 0 saturated heterocycles. The first kappa shape index (κ1) is 17.8. The highest BCUT2D eigenvalue weighted by atomic mass is 16.5. The van der Waals surface area contributed by atoms with Gasteiger partial charge in [-0.1, -0.05) is 12.1 Å². The van der Waals surface area contributed by atoms with Gasteiger partial charge in [0.25, 0.3) is 0 Å². The van der Waals surface area contributed by atoms with Gasteiger partial charge in [0.05, 0.1) is 7.11 Å². The molecule has 0 atom stereocenters. The van der Waals surface area contributed by atoms with Crippen molar-refractivity contribution >= 4 is 11.8 Å². The van der Waals surface area contributed by atoms with Gasteiger partial charge in [-0.15, -0.1) is 0 Å². The Morgan fingerprint density at radius 2 is 1.72 bits per heavy atom. The summed E-state index contributed by atoms with van der Waals surface area (Å²) in [4.78, 5) is 24.4. The maximum atomic E-state index is 12.3. The molecule has 0 radical (unpaired) electrons. The number of rotatable bonds is 7. The molecule has 0 spiro atoms. The molecule has 0 unspecified atom stereocenters. The fraction of sp³-hybridized carbons (Fsp3) is 0.600. The van der Waals surface area contributed by atoms with Crippen molar-refractivity contribution in [2.24, 2.45) is 11.8 Å². The van der Waals surface area contributed by atoms with Gasteiger partial charge in [-0.25, -0.2) is 0 Å². The molecule has 0 heterocycles. The Hall–Kier alpha value is -2.04. The second-order valence-corrected chi connectivity index (χ2v) is 7.22. The lowest BCUT2D eigenvalue weighted by Crippen LogP contribution is -2.38. The molecule has 0 aliphatic heterocycles. The molecule has 2 fully saturated rings. The van der Waals surface area contributed by atoms with Crippen LogP contribution in [0.4, 0.5) is 0 Å². The van der Waals surface area contributed by atoms with Crippen LogP contribution in [-0.2, 0) is 16.0 Å². The summed E-state index contributed by atoms with van der Waals surface area (Å²) in [6.45, 7) is 0.633. The lowest BCUT2D eigenvalue weighted by atomic mass is 9.81. The van der Waals surface area contributed by atoms with Crippen molar-refractivity contribution in [2.75, 3.05) is 13.7 Å². The highest BCUT2D eigenvalue weighted by molar-refractivity contribution is 5.81. The van der Waals surface area contributed by atoms with Crippen LogP contribution in [0, 0.1) is 11.8 Å². The first-order chi connectivity index (χ1) is 12.2. The molecule has 25 heavy (non-hydrogen) atoms. The largest absolute Gasteiger partial charge is 0.497 e. The molecule has 1 aromatic carbocycles. The topological polar surface area (TPSA) is 67.4 Å². The number of carbonyl (C=O) groups is 2. The van der Waals surface area contributed by atoms with Gasteiger partial charge in [0.2, 0.25) is 11.8 Å². The van der Waals surface area contributed by atoms with Crippen LogP contribution in [0.15, 0.2) is 24.3 Å². The van der Waals surface area contributed by atoms with E-state index >= 15 is 0 Å². The van der Waals surface area contributed by atoms with Gasteiger partial charge in [0, 0.05) is 24.4 Å².